The second-order valence-corrected chi connectivity index (χ2v) is 15.9. The Morgan fingerprint density at radius 2 is 1.23 bits per heavy atom. The number of esters is 3. The van der Waals surface area contributed by atoms with E-state index in [4.69, 9.17) is 18.9 Å². The van der Waals surface area contributed by atoms with Crippen molar-refractivity contribution in [3.8, 4) is 0 Å². The SMILES string of the molecule is C[C@@H]1C=CCCS[C@H]2O[C@H]([C@@H]1N[S@+]([O-])C(C)(C)C)[C@H](OC(=O)c1ccccc1)[C@H](OC(=O)c1ccccc1)[C@H]2OC(=O)c1ccccc1. The molecule has 0 saturated carbocycles. The van der Waals surface area contributed by atoms with Crippen molar-refractivity contribution in [2.45, 2.75) is 74.8 Å². The van der Waals surface area contributed by atoms with Gasteiger partial charge in [-0.2, -0.15) is 0 Å². The number of ether oxygens (including phenoxy) is 4. The zero-order chi connectivity index (χ0) is 34.3. The quantitative estimate of drug-likeness (QED) is 0.128. The molecule has 0 aliphatic carbocycles. The first kappa shape index (κ1) is 35.7. The second-order valence-electron chi connectivity index (χ2n) is 12.6. The second kappa shape index (κ2) is 16.2. The minimum absolute atomic E-state index is 0.253. The van der Waals surface area contributed by atoms with Gasteiger partial charge < -0.3 is 23.5 Å². The fraction of sp³-hybridized carbons (Fsp3) is 0.378. The summed E-state index contributed by atoms with van der Waals surface area (Å²) in [6.45, 7) is 7.53. The van der Waals surface area contributed by atoms with Gasteiger partial charge in [0.1, 0.15) is 16.3 Å². The molecule has 3 aromatic rings. The number of nitrogens with one attached hydrogen (secondary N) is 1. The first-order valence-corrected chi connectivity index (χ1v) is 18.1. The van der Waals surface area contributed by atoms with Gasteiger partial charge in [-0.05, 0) is 75.3 Å². The van der Waals surface area contributed by atoms with Crippen LogP contribution in [0.2, 0.25) is 0 Å². The molecule has 1 N–H and O–H groups in total. The van der Waals surface area contributed by atoms with E-state index in [2.05, 4.69) is 10.8 Å². The van der Waals surface area contributed by atoms with E-state index in [0.29, 0.717) is 17.7 Å². The summed E-state index contributed by atoms with van der Waals surface area (Å²) in [5, 5.41) is 0. The van der Waals surface area contributed by atoms with E-state index in [-0.39, 0.29) is 17.0 Å². The van der Waals surface area contributed by atoms with Gasteiger partial charge in [-0.1, -0.05) is 73.7 Å². The summed E-state index contributed by atoms with van der Waals surface area (Å²) in [4.78, 5) is 41.1. The summed E-state index contributed by atoms with van der Waals surface area (Å²) in [6, 6.07) is 24.7. The van der Waals surface area contributed by atoms with Crippen LogP contribution in [0.15, 0.2) is 103 Å². The van der Waals surface area contributed by atoms with Crippen molar-refractivity contribution in [1.82, 2.24) is 4.72 Å². The summed E-state index contributed by atoms with van der Waals surface area (Å²) >= 11 is -0.145. The number of hydrogen-bond acceptors (Lipinski definition) is 10. The highest BCUT2D eigenvalue weighted by Gasteiger charge is 2.56. The number of benzene rings is 3. The van der Waals surface area contributed by atoms with Crippen LogP contribution >= 0.6 is 11.8 Å². The highest BCUT2D eigenvalue weighted by atomic mass is 32.2. The third kappa shape index (κ3) is 8.89. The van der Waals surface area contributed by atoms with Crippen LogP contribution in [0, 0.1) is 5.92 Å². The number of hydrogen-bond donors (Lipinski definition) is 1. The minimum atomic E-state index is -1.55. The lowest BCUT2D eigenvalue weighted by Crippen LogP contribution is -2.67. The molecule has 2 aliphatic rings. The van der Waals surface area contributed by atoms with Crippen LogP contribution < -0.4 is 4.72 Å². The average molecular weight is 692 g/mol. The van der Waals surface area contributed by atoms with Gasteiger partial charge in [0, 0.05) is 11.4 Å². The predicted molar refractivity (Wildman–Crippen MR) is 186 cm³/mol. The van der Waals surface area contributed by atoms with Crippen LogP contribution in [-0.2, 0) is 30.3 Å². The maximum Gasteiger partial charge on any atom is 0.338 e. The summed E-state index contributed by atoms with van der Waals surface area (Å²) in [7, 11) is 0. The Bertz CT molecular complexity index is 1550. The van der Waals surface area contributed by atoms with E-state index >= 15 is 0 Å². The fourth-order valence-electron chi connectivity index (χ4n) is 5.41. The van der Waals surface area contributed by atoms with Gasteiger partial charge >= 0.3 is 17.9 Å². The van der Waals surface area contributed by atoms with E-state index in [9.17, 15) is 18.9 Å². The Morgan fingerprint density at radius 1 is 0.771 bits per heavy atom. The third-order valence-electron chi connectivity index (χ3n) is 8.01. The van der Waals surface area contributed by atoms with Crippen LogP contribution in [0.3, 0.4) is 0 Å². The molecule has 2 heterocycles. The molecular weight excluding hydrogens is 651 g/mol. The summed E-state index contributed by atoms with van der Waals surface area (Å²) < 4.78 is 41.6. The maximum atomic E-state index is 13.7. The van der Waals surface area contributed by atoms with Gasteiger partial charge in [-0.25, -0.2) is 14.4 Å². The Labute approximate surface area is 289 Å². The van der Waals surface area contributed by atoms with Gasteiger partial charge in [0.15, 0.2) is 18.3 Å². The molecule has 0 unspecified atom stereocenters. The summed E-state index contributed by atoms with van der Waals surface area (Å²) in [5.74, 6) is -1.66. The molecule has 5 rings (SSSR count). The predicted octanol–water partition coefficient (Wildman–Crippen LogP) is 6.14. The first-order valence-electron chi connectivity index (χ1n) is 15.9. The Hall–Kier alpha value is -3.61. The number of carbonyl (C=O) groups excluding carboxylic acids is 3. The van der Waals surface area contributed by atoms with Crippen molar-refractivity contribution >= 4 is 41.0 Å². The Morgan fingerprint density at radius 3 is 1.71 bits per heavy atom. The van der Waals surface area contributed by atoms with Crippen molar-refractivity contribution < 1.29 is 37.9 Å². The first-order chi connectivity index (χ1) is 23.0. The van der Waals surface area contributed by atoms with Crippen molar-refractivity contribution in [3.05, 3.63) is 120 Å². The number of thioether (sulfide) groups is 1. The third-order valence-corrected chi connectivity index (χ3v) is 10.8. The average Bonchev–Trinajstić information content (AvgIpc) is 3.09. The number of fused-ring (bicyclic) bond motifs is 2. The highest BCUT2D eigenvalue weighted by molar-refractivity contribution is 7.99. The van der Waals surface area contributed by atoms with E-state index in [1.807, 2.05) is 33.8 Å². The largest absolute Gasteiger partial charge is 0.598 e. The normalized spacial score (nSPS) is 26.5. The molecule has 9 nitrogen and oxygen atoms in total. The fourth-order valence-corrected chi connectivity index (χ4v) is 7.47. The zero-order valence-electron chi connectivity index (χ0n) is 27.4. The molecule has 0 radical (unpaired) electrons. The van der Waals surface area contributed by atoms with E-state index < -0.39 is 69.9 Å². The van der Waals surface area contributed by atoms with Crippen LogP contribution in [0.4, 0.5) is 0 Å². The van der Waals surface area contributed by atoms with Crippen LogP contribution in [0.5, 0.6) is 0 Å². The van der Waals surface area contributed by atoms with Crippen LogP contribution in [0.1, 0.15) is 65.2 Å². The van der Waals surface area contributed by atoms with Gasteiger partial charge in [0.2, 0.25) is 0 Å². The molecule has 2 bridgehead atoms. The number of rotatable bonds is 8. The lowest BCUT2D eigenvalue weighted by Gasteiger charge is -2.48. The smallest absolute Gasteiger partial charge is 0.338 e. The number of allylic oxidation sites excluding steroid dienone is 1. The molecule has 11 heteroatoms. The van der Waals surface area contributed by atoms with Gasteiger partial charge in [-0.3, -0.25) is 0 Å². The Balaban J connectivity index is 1.63. The lowest BCUT2D eigenvalue weighted by atomic mass is 9.87. The van der Waals surface area contributed by atoms with Crippen LogP contribution in [-0.4, -0.2) is 68.9 Å². The number of carbonyl (C=O) groups is 3. The topological polar surface area (TPSA) is 123 Å². The van der Waals surface area contributed by atoms with Gasteiger partial charge in [-0.15, -0.1) is 16.5 Å². The minimum Gasteiger partial charge on any atom is -0.598 e. The van der Waals surface area contributed by atoms with Gasteiger partial charge in [0.25, 0.3) is 0 Å². The van der Waals surface area contributed by atoms with E-state index in [1.54, 1.807) is 91.0 Å². The molecule has 1 fully saturated rings. The molecule has 2 aliphatic heterocycles. The molecule has 254 valence electrons. The summed E-state index contributed by atoms with van der Waals surface area (Å²) in [5.41, 5.74) is 0.0172. The van der Waals surface area contributed by atoms with E-state index in [1.165, 1.54) is 11.8 Å². The lowest BCUT2D eigenvalue weighted by molar-refractivity contribution is -0.207. The molecule has 48 heavy (non-hydrogen) atoms. The molecule has 0 aromatic heterocycles. The van der Waals surface area contributed by atoms with Crippen LogP contribution in [0.25, 0.3) is 0 Å². The Kier molecular flexibility index (Phi) is 12.0. The monoisotopic (exact) mass is 691 g/mol. The van der Waals surface area contributed by atoms with E-state index in [0.717, 1.165) is 0 Å². The molecule has 0 amide bonds. The maximum absolute atomic E-state index is 13.7. The molecule has 3 aromatic carbocycles. The molecule has 0 spiro atoms. The standard InChI is InChI=1S/C37H41NO8S2/c1-24-16-14-15-23-47-36-32(45-35(41)27-21-12-7-13-22-27)31(44-34(40)26-19-10-6-11-20-26)30(43-33(39)25-17-8-5-9-18-25)29(46-36)28(24)38-48(42)37(2,3)4/h5-14,16-22,24,28-32,36,38H,15,23H2,1-4H3/t24-,28-,29-,30+,31+,32-,36-,48-/m1/s1. The highest BCUT2D eigenvalue weighted by Crippen LogP contribution is 2.39. The zero-order valence-corrected chi connectivity index (χ0v) is 29.0. The van der Waals surface area contributed by atoms with Crippen molar-refractivity contribution in [2.75, 3.05) is 5.75 Å². The van der Waals surface area contributed by atoms with Gasteiger partial charge in [0.05, 0.1) is 22.7 Å². The molecule has 1 saturated heterocycles. The molecular formula is C37H41NO8S2. The van der Waals surface area contributed by atoms with Crippen molar-refractivity contribution in [3.63, 3.8) is 0 Å². The van der Waals surface area contributed by atoms with Crippen molar-refractivity contribution in [1.29, 1.82) is 0 Å². The molecule has 8 atom stereocenters. The summed E-state index contributed by atoms with van der Waals surface area (Å²) in [6.07, 6.45) is 0.0418. The van der Waals surface area contributed by atoms with Crippen molar-refractivity contribution in [2.24, 2.45) is 5.92 Å².